The van der Waals surface area contributed by atoms with E-state index in [2.05, 4.69) is 15.9 Å². The van der Waals surface area contributed by atoms with Gasteiger partial charge in [0.25, 0.3) is 11.8 Å². The van der Waals surface area contributed by atoms with Crippen LogP contribution in [0.5, 0.6) is 28.7 Å². The second kappa shape index (κ2) is 11.6. The van der Waals surface area contributed by atoms with Crippen molar-refractivity contribution in [3.05, 3.63) is 80.9 Å². The summed E-state index contributed by atoms with van der Waals surface area (Å²) in [5, 5.41) is 24.1. The highest BCUT2D eigenvalue weighted by atomic mass is 16.7. The number of nitrogens with zero attached hydrogens (tertiary/aromatic N) is 4. The number of nitrogens with two attached hydrogens (primary N) is 1. The lowest BCUT2D eigenvalue weighted by Gasteiger charge is -2.60. The van der Waals surface area contributed by atoms with E-state index >= 15 is 0 Å². The molecule has 5 atom stereocenters. The van der Waals surface area contributed by atoms with Crippen LogP contribution in [0.4, 0.5) is 5.69 Å². The van der Waals surface area contributed by atoms with Crippen LogP contribution in [0.25, 0.3) is 10.8 Å². The standard InChI is InChI=1S/C40H37N5O8/c1-17-9-21-11-26-28(14-41)45-27(33(43(26)4)31(21)34(47)35(17)50-5)13-24-32(38-37(51-16-52-38)18(2)36(24)53-19(3)46)29(45)15-44-39(48)23-8-6-7-20-10-22(42)12-25(30(20)23)40(44)49/h6-10,12,26-29,33,47H,11,13,15-16,42H2,1-5H3/t26-,27?,28?,29-,33-/m0/s1. The summed E-state index contributed by atoms with van der Waals surface area (Å²) < 4.78 is 23.8. The first kappa shape index (κ1) is 33.0. The van der Waals surface area contributed by atoms with Crippen LogP contribution >= 0.6 is 0 Å². The van der Waals surface area contributed by atoms with Crippen LogP contribution in [0.2, 0.25) is 0 Å². The quantitative estimate of drug-likeness (QED) is 0.132. The zero-order valence-electron chi connectivity index (χ0n) is 29.9. The predicted octanol–water partition coefficient (Wildman–Crippen LogP) is 4.47. The second-order valence-corrected chi connectivity index (χ2v) is 14.5. The molecule has 9 rings (SSSR count). The Labute approximate surface area is 305 Å². The van der Waals surface area contributed by atoms with Crippen molar-refractivity contribution in [3.8, 4) is 34.8 Å². The Balaban J connectivity index is 1.29. The molecular weight excluding hydrogens is 678 g/mol. The third-order valence-corrected chi connectivity index (χ3v) is 11.8. The number of piperazine rings is 1. The zero-order chi connectivity index (χ0) is 37.2. The lowest BCUT2D eigenvalue weighted by molar-refractivity contribution is -0.132. The smallest absolute Gasteiger partial charge is 0.308 e. The number of fused-ring (bicyclic) bond motifs is 9. The maximum Gasteiger partial charge on any atom is 0.308 e. The number of methoxy groups -OCH3 is 1. The number of hydrogen-bond donors (Lipinski definition) is 2. The number of nitrogen functional groups attached to an aromatic ring is 1. The van der Waals surface area contributed by atoms with Crippen LogP contribution < -0.4 is 24.7 Å². The lowest BCUT2D eigenvalue weighted by Crippen LogP contribution is -2.69. The van der Waals surface area contributed by atoms with Crippen LogP contribution in [0.1, 0.15) is 73.1 Å². The number of phenolic OH excluding ortho intramolecular Hbond substituents is 1. The minimum absolute atomic E-state index is 0.0289. The summed E-state index contributed by atoms with van der Waals surface area (Å²) in [4.78, 5) is 47.1. The number of anilines is 1. The number of hydrogen-bond acceptors (Lipinski definition) is 12. The van der Waals surface area contributed by atoms with Crippen molar-refractivity contribution in [1.29, 1.82) is 5.26 Å². The van der Waals surface area contributed by atoms with Crippen molar-refractivity contribution in [2.75, 3.05) is 33.2 Å². The normalized spacial score (nSPS) is 24.0. The minimum atomic E-state index is -0.816. The van der Waals surface area contributed by atoms with Gasteiger partial charge >= 0.3 is 5.97 Å². The maximum absolute atomic E-state index is 14.5. The number of likely N-dealkylation sites (N-methyl/N-ethyl adjacent to an activating group) is 1. The van der Waals surface area contributed by atoms with Crippen LogP contribution in [0.3, 0.4) is 0 Å². The van der Waals surface area contributed by atoms with Crippen LogP contribution in [0, 0.1) is 25.2 Å². The summed E-state index contributed by atoms with van der Waals surface area (Å²) in [5.41, 5.74) is 11.5. The molecule has 3 N–H and O–H groups in total. The van der Waals surface area contributed by atoms with E-state index in [1.807, 2.05) is 26.1 Å². The van der Waals surface area contributed by atoms with Gasteiger partial charge < -0.3 is 29.8 Å². The number of nitriles is 1. The third kappa shape index (κ3) is 4.45. The highest BCUT2D eigenvalue weighted by Crippen LogP contribution is 2.58. The Morgan fingerprint density at radius 3 is 2.53 bits per heavy atom. The number of aryl methyl sites for hydroxylation is 1. The van der Waals surface area contributed by atoms with Gasteiger partial charge in [0, 0.05) is 64.4 Å². The molecule has 13 nitrogen and oxygen atoms in total. The first-order chi connectivity index (χ1) is 25.4. The van der Waals surface area contributed by atoms with Crippen molar-refractivity contribution in [2.24, 2.45) is 0 Å². The minimum Gasteiger partial charge on any atom is -0.504 e. The van der Waals surface area contributed by atoms with Gasteiger partial charge in [-0.25, -0.2) is 0 Å². The Kier molecular flexibility index (Phi) is 7.22. The average Bonchev–Trinajstić information content (AvgIpc) is 3.61. The number of benzene rings is 4. The molecule has 1 saturated heterocycles. The Morgan fingerprint density at radius 2 is 1.79 bits per heavy atom. The molecule has 0 spiro atoms. The number of ether oxygens (including phenoxy) is 4. The Hall–Kier alpha value is -5.84. The molecule has 0 aliphatic carbocycles. The van der Waals surface area contributed by atoms with Gasteiger partial charge in [-0.3, -0.25) is 29.1 Å². The molecule has 4 aromatic carbocycles. The predicted molar refractivity (Wildman–Crippen MR) is 191 cm³/mol. The topological polar surface area (TPSA) is 168 Å². The lowest BCUT2D eigenvalue weighted by atomic mass is 9.71. The molecule has 270 valence electrons. The van der Waals surface area contributed by atoms with Gasteiger partial charge in [0.15, 0.2) is 23.0 Å². The third-order valence-electron chi connectivity index (χ3n) is 11.8. The number of amides is 2. The molecule has 5 aliphatic rings. The number of rotatable bonds is 4. The first-order valence-electron chi connectivity index (χ1n) is 17.5. The largest absolute Gasteiger partial charge is 0.504 e. The number of carbonyl (C=O) groups excluding carboxylic acids is 3. The van der Waals surface area contributed by atoms with E-state index in [0.29, 0.717) is 79.3 Å². The summed E-state index contributed by atoms with van der Waals surface area (Å²) in [6.45, 7) is 4.75. The molecule has 2 amide bonds. The van der Waals surface area contributed by atoms with Crippen molar-refractivity contribution in [1.82, 2.24) is 14.7 Å². The van der Waals surface area contributed by atoms with Gasteiger partial charge in [0.1, 0.15) is 11.8 Å². The van der Waals surface area contributed by atoms with E-state index in [1.165, 1.54) is 18.9 Å². The average molecular weight is 716 g/mol. The van der Waals surface area contributed by atoms with E-state index in [-0.39, 0.29) is 31.5 Å². The van der Waals surface area contributed by atoms with Crippen LogP contribution in [0.15, 0.2) is 36.4 Å². The molecule has 53 heavy (non-hydrogen) atoms. The highest BCUT2D eigenvalue weighted by molar-refractivity contribution is 6.26. The van der Waals surface area contributed by atoms with E-state index in [1.54, 1.807) is 31.2 Å². The second-order valence-electron chi connectivity index (χ2n) is 14.5. The monoisotopic (exact) mass is 715 g/mol. The first-order valence-corrected chi connectivity index (χ1v) is 17.5. The van der Waals surface area contributed by atoms with Gasteiger partial charge in [-0.05, 0) is 68.4 Å². The van der Waals surface area contributed by atoms with Crippen molar-refractivity contribution >= 4 is 34.2 Å². The molecule has 0 aromatic heterocycles. The summed E-state index contributed by atoms with van der Waals surface area (Å²) >= 11 is 0. The SMILES string of the molecule is COc1c(C)cc2c(c1O)[C@@H]1C3Cc4c(OC(C)=O)c(C)c5c(c4[C@H](CN4C(=O)c6cccc7cc(N)cc(c67)C4=O)N3C(C#N)[C@H](C2)N1C)OCO5. The number of phenols is 1. The summed E-state index contributed by atoms with van der Waals surface area (Å²) in [7, 11) is 3.47. The van der Waals surface area contributed by atoms with Crippen molar-refractivity contribution in [2.45, 2.75) is 63.8 Å². The number of aromatic hydroxyl groups is 1. The van der Waals surface area contributed by atoms with Gasteiger partial charge in [-0.15, -0.1) is 0 Å². The molecular formula is C40H37N5O8. The van der Waals surface area contributed by atoms with Gasteiger partial charge in [0.2, 0.25) is 6.79 Å². The van der Waals surface area contributed by atoms with Crippen molar-refractivity contribution < 1.29 is 38.4 Å². The number of esters is 1. The van der Waals surface area contributed by atoms with E-state index in [9.17, 15) is 24.8 Å². The Morgan fingerprint density at radius 1 is 1.04 bits per heavy atom. The van der Waals surface area contributed by atoms with E-state index in [4.69, 9.17) is 24.7 Å². The summed E-state index contributed by atoms with van der Waals surface area (Å²) in [6.07, 6.45) is 0.740. The summed E-state index contributed by atoms with van der Waals surface area (Å²) in [5.74, 6) is -0.00456. The zero-order valence-corrected chi connectivity index (χ0v) is 29.9. The Bertz CT molecular complexity index is 2390. The van der Waals surface area contributed by atoms with Gasteiger partial charge in [-0.1, -0.05) is 18.2 Å². The van der Waals surface area contributed by atoms with Gasteiger partial charge in [0.05, 0.1) is 30.8 Å². The summed E-state index contributed by atoms with van der Waals surface area (Å²) in [6, 6.07) is 10.4. The molecule has 5 aliphatic heterocycles. The van der Waals surface area contributed by atoms with Crippen molar-refractivity contribution in [3.63, 3.8) is 0 Å². The molecule has 4 aromatic rings. The molecule has 0 saturated carbocycles. The highest BCUT2D eigenvalue weighted by Gasteiger charge is 2.57. The number of carbonyl (C=O) groups is 3. The molecule has 0 radical (unpaired) electrons. The van der Waals surface area contributed by atoms with Crippen LogP contribution in [-0.4, -0.2) is 83.2 Å². The molecule has 2 bridgehead atoms. The van der Waals surface area contributed by atoms with E-state index < -0.39 is 42.0 Å². The maximum atomic E-state index is 14.5. The fraction of sp³-hybridized carbons (Fsp3) is 0.350. The molecule has 5 heterocycles. The molecule has 2 unspecified atom stereocenters. The fourth-order valence-corrected chi connectivity index (χ4v) is 9.81. The van der Waals surface area contributed by atoms with E-state index in [0.717, 1.165) is 11.1 Å². The fourth-order valence-electron chi connectivity index (χ4n) is 9.81. The van der Waals surface area contributed by atoms with Gasteiger partial charge in [-0.2, -0.15) is 5.26 Å². The van der Waals surface area contributed by atoms with Crippen LogP contribution in [-0.2, 0) is 17.6 Å². The molecule has 1 fully saturated rings. The number of imide groups is 1. The molecule has 13 heteroatoms.